The molecule has 1 amide bonds. The van der Waals surface area contributed by atoms with Gasteiger partial charge in [0.15, 0.2) is 0 Å². The number of nitrogens with zero attached hydrogens (tertiary/aromatic N) is 2. The zero-order valence-electron chi connectivity index (χ0n) is 10.7. The summed E-state index contributed by atoms with van der Waals surface area (Å²) in [6.45, 7) is 0.557. The lowest BCUT2D eigenvalue weighted by molar-refractivity contribution is 0.199. The van der Waals surface area contributed by atoms with E-state index in [9.17, 15) is 13.2 Å². The van der Waals surface area contributed by atoms with Crippen LogP contribution in [0.25, 0.3) is 0 Å². The first-order valence-electron chi connectivity index (χ1n) is 6.15. The minimum Gasteiger partial charge on any atom is -0.464 e. The Hall–Kier alpha value is -1.87. The van der Waals surface area contributed by atoms with Crippen molar-refractivity contribution >= 4 is 22.0 Å². The zero-order valence-corrected chi connectivity index (χ0v) is 11.5. The number of nitrogens with one attached hydrogen (secondary N) is 2. The molecule has 20 heavy (non-hydrogen) atoms. The molecule has 110 valence electrons. The van der Waals surface area contributed by atoms with Crippen LogP contribution in [0.5, 0.6) is 0 Å². The third kappa shape index (κ3) is 3.81. The highest BCUT2D eigenvalue weighted by Gasteiger charge is 2.29. The summed E-state index contributed by atoms with van der Waals surface area (Å²) in [5.41, 5.74) is 0.887. The van der Waals surface area contributed by atoms with Crippen LogP contribution in [0.3, 0.4) is 0 Å². The molecule has 1 aromatic rings. The van der Waals surface area contributed by atoms with E-state index in [0.29, 0.717) is 12.8 Å². The molecular formula is C11H16N4O4S. The number of rotatable bonds is 4. The van der Waals surface area contributed by atoms with E-state index in [1.54, 1.807) is 12.4 Å². The highest BCUT2D eigenvalue weighted by molar-refractivity contribution is 7.87. The van der Waals surface area contributed by atoms with E-state index in [1.165, 1.54) is 4.72 Å². The van der Waals surface area contributed by atoms with Crippen molar-refractivity contribution in [3.8, 4) is 0 Å². The molecule has 0 aliphatic carbocycles. The van der Waals surface area contributed by atoms with Crippen molar-refractivity contribution in [2.75, 3.05) is 18.4 Å². The monoisotopic (exact) mass is 300 g/mol. The quantitative estimate of drug-likeness (QED) is 0.745. The molecule has 1 aliphatic heterocycles. The van der Waals surface area contributed by atoms with E-state index in [2.05, 4.69) is 10.3 Å². The van der Waals surface area contributed by atoms with Crippen LogP contribution in [0.4, 0.5) is 10.5 Å². The molecule has 2 heterocycles. The zero-order chi connectivity index (χ0) is 14.6. The predicted octanol–water partition coefficient (Wildman–Crippen LogP) is 0.470. The van der Waals surface area contributed by atoms with Crippen LogP contribution >= 0.6 is 0 Å². The Labute approximate surface area is 117 Å². The third-order valence-electron chi connectivity index (χ3n) is 3.04. The molecule has 8 nitrogen and oxygen atoms in total. The molecule has 0 atom stereocenters. The second-order valence-electron chi connectivity index (χ2n) is 4.47. The van der Waals surface area contributed by atoms with E-state index < -0.39 is 16.3 Å². The van der Waals surface area contributed by atoms with Crippen molar-refractivity contribution in [1.29, 1.82) is 0 Å². The summed E-state index contributed by atoms with van der Waals surface area (Å²) >= 11 is 0. The topological polar surface area (TPSA) is 112 Å². The van der Waals surface area contributed by atoms with Crippen LogP contribution in [0.15, 0.2) is 24.5 Å². The van der Waals surface area contributed by atoms with Crippen LogP contribution in [-0.2, 0) is 10.2 Å². The number of carboxylic acid groups (broad SMARTS) is 1. The summed E-state index contributed by atoms with van der Waals surface area (Å²) in [6.07, 6.45) is 3.03. The molecule has 0 bridgehead atoms. The van der Waals surface area contributed by atoms with Crippen molar-refractivity contribution < 1.29 is 18.3 Å². The largest absolute Gasteiger partial charge is 0.464 e. The molecule has 2 rings (SSSR count). The molecule has 0 unspecified atom stereocenters. The van der Waals surface area contributed by atoms with Gasteiger partial charge in [-0.25, -0.2) is 9.52 Å². The van der Waals surface area contributed by atoms with Crippen LogP contribution < -0.4 is 10.0 Å². The Morgan fingerprint density at radius 1 is 1.40 bits per heavy atom. The van der Waals surface area contributed by atoms with Crippen molar-refractivity contribution in [3.05, 3.63) is 24.5 Å². The number of pyridine rings is 1. The van der Waals surface area contributed by atoms with Crippen LogP contribution in [-0.4, -0.2) is 48.0 Å². The highest BCUT2D eigenvalue weighted by atomic mass is 32.2. The Morgan fingerprint density at radius 2 is 2.10 bits per heavy atom. The standard InChI is InChI=1S/C11H16N4O4S/c16-11(17)14-20(18,19)15-6-3-9(4-7-15)13-10-2-1-5-12-8-10/h1-2,5,8-9,13-14H,3-4,6-7H2,(H,16,17). The number of aromatic nitrogens is 1. The summed E-state index contributed by atoms with van der Waals surface area (Å²) in [6, 6.07) is 3.86. The van der Waals surface area contributed by atoms with Gasteiger partial charge in [-0.3, -0.25) is 4.98 Å². The Balaban J connectivity index is 1.88. The molecule has 1 aromatic heterocycles. The third-order valence-corrected chi connectivity index (χ3v) is 4.52. The number of amides is 1. The van der Waals surface area contributed by atoms with E-state index in [1.807, 2.05) is 12.1 Å². The second-order valence-corrected chi connectivity index (χ2v) is 6.14. The lowest BCUT2D eigenvalue weighted by Gasteiger charge is -2.31. The molecule has 3 N–H and O–H groups in total. The van der Waals surface area contributed by atoms with Gasteiger partial charge < -0.3 is 10.4 Å². The maximum atomic E-state index is 11.7. The van der Waals surface area contributed by atoms with Crippen molar-refractivity contribution in [2.24, 2.45) is 0 Å². The molecule has 0 aromatic carbocycles. The lowest BCUT2D eigenvalue weighted by Crippen LogP contribution is -2.48. The van der Waals surface area contributed by atoms with Gasteiger partial charge in [-0.15, -0.1) is 0 Å². The smallest absolute Gasteiger partial charge is 0.419 e. The fraction of sp³-hybridized carbons (Fsp3) is 0.455. The van der Waals surface area contributed by atoms with Crippen molar-refractivity contribution in [2.45, 2.75) is 18.9 Å². The summed E-state index contributed by atoms with van der Waals surface area (Å²) in [5, 5.41) is 11.8. The molecule has 0 saturated carbocycles. The molecule has 0 radical (unpaired) electrons. The fourth-order valence-corrected chi connectivity index (χ4v) is 3.14. The first-order valence-corrected chi connectivity index (χ1v) is 7.59. The molecule has 0 spiro atoms. The Morgan fingerprint density at radius 3 is 2.65 bits per heavy atom. The van der Waals surface area contributed by atoms with Gasteiger partial charge in [0.05, 0.1) is 5.69 Å². The first-order chi connectivity index (χ1) is 9.47. The first kappa shape index (κ1) is 14.5. The van der Waals surface area contributed by atoms with E-state index in [-0.39, 0.29) is 19.1 Å². The van der Waals surface area contributed by atoms with E-state index >= 15 is 0 Å². The molecule has 1 saturated heterocycles. The number of anilines is 1. The Bertz CT molecular complexity index is 555. The van der Waals surface area contributed by atoms with Gasteiger partial charge >= 0.3 is 16.3 Å². The minimum absolute atomic E-state index is 0.149. The molecular weight excluding hydrogens is 284 g/mol. The van der Waals surface area contributed by atoms with Crippen LogP contribution in [0.1, 0.15) is 12.8 Å². The summed E-state index contributed by atoms with van der Waals surface area (Å²) in [7, 11) is -3.94. The predicted molar refractivity (Wildman–Crippen MR) is 72.5 cm³/mol. The molecule has 1 aliphatic rings. The summed E-state index contributed by atoms with van der Waals surface area (Å²) in [4.78, 5) is 14.4. The van der Waals surface area contributed by atoms with E-state index in [4.69, 9.17) is 5.11 Å². The fourth-order valence-electron chi connectivity index (χ4n) is 2.10. The van der Waals surface area contributed by atoms with Gasteiger partial charge in [0.25, 0.3) is 0 Å². The maximum Gasteiger partial charge on any atom is 0.419 e. The highest BCUT2D eigenvalue weighted by Crippen LogP contribution is 2.17. The number of hydrogen-bond donors (Lipinski definition) is 3. The normalized spacial score (nSPS) is 17.6. The van der Waals surface area contributed by atoms with Crippen LogP contribution in [0, 0.1) is 0 Å². The lowest BCUT2D eigenvalue weighted by atomic mass is 10.1. The van der Waals surface area contributed by atoms with Crippen LogP contribution in [0.2, 0.25) is 0 Å². The number of piperidine rings is 1. The van der Waals surface area contributed by atoms with Gasteiger partial charge in [0, 0.05) is 31.5 Å². The van der Waals surface area contributed by atoms with Gasteiger partial charge in [-0.2, -0.15) is 12.7 Å². The summed E-state index contributed by atoms with van der Waals surface area (Å²) in [5.74, 6) is 0. The SMILES string of the molecule is O=C(O)NS(=O)(=O)N1CCC(Nc2cccnc2)CC1. The van der Waals surface area contributed by atoms with Crippen molar-refractivity contribution in [1.82, 2.24) is 14.0 Å². The second kappa shape index (κ2) is 6.06. The minimum atomic E-state index is -3.94. The Kier molecular flexibility index (Phi) is 4.40. The van der Waals surface area contributed by atoms with Crippen molar-refractivity contribution in [3.63, 3.8) is 0 Å². The molecule has 1 fully saturated rings. The number of carbonyl (C=O) groups is 1. The van der Waals surface area contributed by atoms with Gasteiger partial charge in [-0.1, -0.05) is 0 Å². The average Bonchev–Trinajstić information content (AvgIpc) is 2.39. The van der Waals surface area contributed by atoms with Gasteiger partial charge in [-0.05, 0) is 25.0 Å². The number of hydrogen-bond acceptors (Lipinski definition) is 5. The summed E-state index contributed by atoms with van der Waals surface area (Å²) < 4.78 is 26.0. The van der Waals surface area contributed by atoms with E-state index in [0.717, 1.165) is 9.99 Å². The maximum absolute atomic E-state index is 11.7. The average molecular weight is 300 g/mol. The van der Waals surface area contributed by atoms with Gasteiger partial charge in [0.2, 0.25) is 0 Å². The van der Waals surface area contributed by atoms with Gasteiger partial charge in [0.1, 0.15) is 0 Å². The molecule has 9 heteroatoms.